The molecule has 5 nitrogen and oxygen atoms in total. The topological polar surface area (TPSA) is 49.9 Å². The fourth-order valence-electron chi connectivity index (χ4n) is 2.84. The number of fused-ring (bicyclic) bond motifs is 1. The summed E-state index contributed by atoms with van der Waals surface area (Å²) in [5.74, 6) is 0.351. The molecular formula is C17H20N2O3. The average Bonchev–Trinajstić information content (AvgIpc) is 2.97. The van der Waals surface area contributed by atoms with Gasteiger partial charge in [-0.1, -0.05) is 0 Å². The first-order chi connectivity index (χ1) is 10.6. The Labute approximate surface area is 130 Å². The van der Waals surface area contributed by atoms with Crippen LogP contribution in [0.5, 0.6) is 0 Å². The van der Waals surface area contributed by atoms with Crippen LogP contribution in [0.15, 0.2) is 30.0 Å². The van der Waals surface area contributed by atoms with Crippen LogP contribution in [-0.4, -0.2) is 44.0 Å². The fourth-order valence-corrected chi connectivity index (χ4v) is 2.84. The maximum atomic E-state index is 12.5. The molecule has 1 aromatic rings. The molecule has 0 unspecified atom stereocenters. The number of hydrogen-bond acceptors (Lipinski definition) is 3. The van der Waals surface area contributed by atoms with Gasteiger partial charge in [0, 0.05) is 31.9 Å². The van der Waals surface area contributed by atoms with Gasteiger partial charge in [-0.2, -0.15) is 0 Å². The normalized spacial score (nSPS) is 16.6. The molecule has 2 aliphatic rings. The molecule has 0 atom stereocenters. The van der Waals surface area contributed by atoms with Gasteiger partial charge in [-0.05, 0) is 49.1 Å². The molecule has 0 saturated carbocycles. The minimum atomic E-state index is -0.0786. The third kappa shape index (κ3) is 2.58. The Morgan fingerprint density at radius 3 is 2.77 bits per heavy atom. The van der Waals surface area contributed by atoms with Crippen molar-refractivity contribution < 1.29 is 14.3 Å². The number of amides is 2. The Hall–Kier alpha value is -2.30. The van der Waals surface area contributed by atoms with Crippen molar-refractivity contribution in [1.29, 1.82) is 0 Å². The minimum Gasteiger partial charge on any atom is -0.488 e. The van der Waals surface area contributed by atoms with Gasteiger partial charge < -0.3 is 14.5 Å². The number of hydrogen-bond donors (Lipinski definition) is 0. The standard InChI is InChI=1S/C17H20N2O3/c1-18(2)16(20)13-6-7-14-12(11-13)8-9-19(14)17(21)15-5-3-4-10-22-15/h5-7,11H,3-4,8-10H2,1-2H3. The van der Waals surface area contributed by atoms with Crippen molar-refractivity contribution in [2.75, 3.05) is 32.1 Å². The first kappa shape index (κ1) is 14.6. The van der Waals surface area contributed by atoms with Crippen LogP contribution >= 0.6 is 0 Å². The Balaban J connectivity index is 1.84. The summed E-state index contributed by atoms with van der Waals surface area (Å²) in [6, 6.07) is 5.53. The molecule has 0 fully saturated rings. The summed E-state index contributed by atoms with van der Waals surface area (Å²) < 4.78 is 5.47. The van der Waals surface area contributed by atoms with E-state index in [1.54, 1.807) is 30.0 Å². The highest BCUT2D eigenvalue weighted by atomic mass is 16.5. The zero-order valence-corrected chi connectivity index (χ0v) is 13.0. The maximum absolute atomic E-state index is 12.5. The number of allylic oxidation sites excluding steroid dienone is 1. The van der Waals surface area contributed by atoms with E-state index in [1.807, 2.05) is 18.2 Å². The largest absolute Gasteiger partial charge is 0.488 e. The molecule has 1 aromatic carbocycles. The summed E-state index contributed by atoms with van der Waals surface area (Å²) in [5.41, 5.74) is 2.58. The molecule has 2 heterocycles. The van der Waals surface area contributed by atoms with Crippen LogP contribution in [0.2, 0.25) is 0 Å². The quantitative estimate of drug-likeness (QED) is 0.839. The highest BCUT2D eigenvalue weighted by Crippen LogP contribution is 2.31. The van der Waals surface area contributed by atoms with Crippen LogP contribution in [0.1, 0.15) is 28.8 Å². The lowest BCUT2D eigenvalue weighted by atomic mass is 10.1. The molecule has 0 N–H and O–H groups in total. The van der Waals surface area contributed by atoms with E-state index in [0.717, 1.165) is 30.5 Å². The molecule has 3 rings (SSSR count). The Morgan fingerprint density at radius 1 is 1.27 bits per heavy atom. The van der Waals surface area contributed by atoms with Gasteiger partial charge in [0.05, 0.1) is 6.61 Å². The predicted octanol–water partition coefficient (Wildman–Crippen LogP) is 1.97. The van der Waals surface area contributed by atoms with Gasteiger partial charge >= 0.3 is 0 Å². The van der Waals surface area contributed by atoms with Gasteiger partial charge in [0.25, 0.3) is 11.8 Å². The van der Waals surface area contributed by atoms with Crippen LogP contribution in [0.4, 0.5) is 5.69 Å². The van der Waals surface area contributed by atoms with Crippen LogP contribution in [0.3, 0.4) is 0 Å². The van der Waals surface area contributed by atoms with E-state index in [9.17, 15) is 9.59 Å². The van der Waals surface area contributed by atoms with Crippen molar-refractivity contribution in [1.82, 2.24) is 4.90 Å². The summed E-state index contributed by atoms with van der Waals surface area (Å²) >= 11 is 0. The smallest absolute Gasteiger partial charge is 0.293 e. The molecule has 0 radical (unpaired) electrons. The van der Waals surface area contributed by atoms with Crippen molar-refractivity contribution in [3.63, 3.8) is 0 Å². The first-order valence-corrected chi connectivity index (χ1v) is 7.57. The fraction of sp³-hybridized carbons (Fsp3) is 0.412. The van der Waals surface area contributed by atoms with Crippen LogP contribution in [0, 0.1) is 0 Å². The number of nitrogens with zero attached hydrogens (tertiary/aromatic N) is 2. The van der Waals surface area contributed by atoms with Crippen molar-refractivity contribution in [2.24, 2.45) is 0 Å². The van der Waals surface area contributed by atoms with Gasteiger partial charge in [0.2, 0.25) is 0 Å². The van der Waals surface area contributed by atoms with Crippen LogP contribution < -0.4 is 4.90 Å². The molecule has 0 aliphatic carbocycles. The van der Waals surface area contributed by atoms with Gasteiger partial charge in [0.1, 0.15) is 0 Å². The van der Waals surface area contributed by atoms with Crippen LogP contribution in [0.25, 0.3) is 0 Å². The van der Waals surface area contributed by atoms with E-state index < -0.39 is 0 Å². The summed E-state index contributed by atoms with van der Waals surface area (Å²) in [6.45, 7) is 1.24. The van der Waals surface area contributed by atoms with Gasteiger partial charge in [0.15, 0.2) is 5.76 Å². The Kier molecular flexibility index (Phi) is 3.88. The molecule has 5 heteroatoms. The van der Waals surface area contributed by atoms with Crippen molar-refractivity contribution in [3.8, 4) is 0 Å². The van der Waals surface area contributed by atoms with Gasteiger partial charge in [-0.3, -0.25) is 9.59 Å². The lowest BCUT2D eigenvalue weighted by Crippen LogP contribution is -2.32. The molecule has 0 saturated heterocycles. The monoisotopic (exact) mass is 300 g/mol. The number of ether oxygens (including phenoxy) is 1. The third-order valence-electron chi connectivity index (χ3n) is 4.02. The second-order valence-electron chi connectivity index (χ2n) is 5.81. The minimum absolute atomic E-state index is 0.0223. The summed E-state index contributed by atoms with van der Waals surface area (Å²) in [6.07, 6.45) is 4.48. The average molecular weight is 300 g/mol. The highest BCUT2D eigenvalue weighted by Gasteiger charge is 2.29. The SMILES string of the molecule is CN(C)C(=O)c1ccc2c(c1)CCN2C(=O)C1=CCCCO1. The number of carbonyl (C=O) groups is 2. The van der Waals surface area contributed by atoms with Crippen molar-refractivity contribution >= 4 is 17.5 Å². The van der Waals surface area contributed by atoms with Crippen LogP contribution in [-0.2, 0) is 16.0 Å². The second-order valence-corrected chi connectivity index (χ2v) is 5.81. The van der Waals surface area contributed by atoms with E-state index in [0.29, 0.717) is 24.5 Å². The van der Waals surface area contributed by atoms with Crippen molar-refractivity contribution in [2.45, 2.75) is 19.3 Å². The molecule has 0 bridgehead atoms. The first-order valence-electron chi connectivity index (χ1n) is 7.57. The lowest BCUT2D eigenvalue weighted by Gasteiger charge is -2.21. The summed E-state index contributed by atoms with van der Waals surface area (Å²) in [4.78, 5) is 27.9. The van der Waals surface area contributed by atoms with E-state index in [4.69, 9.17) is 4.74 Å². The highest BCUT2D eigenvalue weighted by molar-refractivity contribution is 6.06. The molecule has 116 valence electrons. The number of benzene rings is 1. The van der Waals surface area contributed by atoms with Gasteiger partial charge in [-0.25, -0.2) is 0 Å². The van der Waals surface area contributed by atoms with E-state index >= 15 is 0 Å². The number of carbonyl (C=O) groups excluding carboxylic acids is 2. The molecule has 0 aromatic heterocycles. The van der Waals surface area contributed by atoms with Crippen molar-refractivity contribution in [3.05, 3.63) is 41.2 Å². The zero-order chi connectivity index (χ0) is 15.7. The maximum Gasteiger partial charge on any atom is 0.293 e. The number of anilines is 1. The molecular weight excluding hydrogens is 280 g/mol. The Bertz CT molecular complexity index is 649. The number of rotatable bonds is 2. The second kappa shape index (κ2) is 5.83. The molecule has 0 spiro atoms. The van der Waals surface area contributed by atoms with E-state index in [2.05, 4.69) is 0 Å². The predicted molar refractivity (Wildman–Crippen MR) is 83.8 cm³/mol. The summed E-state index contributed by atoms with van der Waals surface area (Å²) in [5, 5.41) is 0. The molecule has 22 heavy (non-hydrogen) atoms. The lowest BCUT2D eigenvalue weighted by molar-refractivity contribution is -0.118. The third-order valence-corrected chi connectivity index (χ3v) is 4.02. The molecule has 2 aliphatic heterocycles. The summed E-state index contributed by atoms with van der Waals surface area (Å²) in [7, 11) is 3.47. The zero-order valence-electron chi connectivity index (χ0n) is 13.0. The molecule has 2 amide bonds. The van der Waals surface area contributed by atoms with E-state index in [-0.39, 0.29) is 11.8 Å². The Morgan fingerprint density at radius 2 is 2.09 bits per heavy atom. The van der Waals surface area contributed by atoms with Gasteiger partial charge in [-0.15, -0.1) is 0 Å². The van der Waals surface area contributed by atoms with E-state index in [1.165, 1.54) is 0 Å².